The molecular formula is C13H20N2O5. The van der Waals surface area contributed by atoms with Crippen LogP contribution in [-0.2, 0) is 14.3 Å². The van der Waals surface area contributed by atoms with Crippen molar-refractivity contribution in [2.45, 2.75) is 38.5 Å². The van der Waals surface area contributed by atoms with Crippen molar-refractivity contribution in [3.63, 3.8) is 0 Å². The Morgan fingerprint density at radius 2 is 2.00 bits per heavy atom. The standard InChI is InChI=1S/C13H20N2O5/c1-13(2,3)20-12(18)15-5-4-14-7-10(11(16)17)19-8-9(14)6-15/h4-5,9-10H,6-8H2,1-3H3,(H,16,17)/t9-,10-/m1/s1. The Morgan fingerprint density at radius 3 is 2.60 bits per heavy atom. The molecule has 20 heavy (non-hydrogen) atoms. The summed E-state index contributed by atoms with van der Waals surface area (Å²) in [5, 5.41) is 8.94. The van der Waals surface area contributed by atoms with Crippen molar-refractivity contribution < 1.29 is 24.2 Å². The van der Waals surface area contributed by atoms with Gasteiger partial charge in [0.1, 0.15) is 5.60 Å². The minimum atomic E-state index is -0.966. The number of carboxylic acid groups (broad SMARTS) is 1. The summed E-state index contributed by atoms with van der Waals surface area (Å²) < 4.78 is 10.6. The molecule has 0 saturated carbocycles. The Hall–Kier alpha value is -1.76. The molecule has 1 N–H and O–H groups in total. The molecule has 0 bridgehead atoms. The van der Waals surface area contributed by atoms with E-state index < -0.39 is 23.8 Å². The highest BCUT2D eigenvalue weighted by molar-refractivity contribution is 5.73. The smallest absolute Gasteiger partial charge is 0.414 e. The van der Waals surface area contributed by atoms with Crippen LogP contribution in [0.2, 0.25) is 0 Å². The van der Waals surface area contributed by atoms with Gasteiger partial charge in [-0.15, -0.1) is 0 Å². The number of amides is 1. The predicted octanol–water partition coefficient (Wildman–Crippen LogP) is 0.862. The van der Waals surface area contributed by atoms with Crippen molar-refractivity contribution in [3.8, 4) is 0 Å². The number of rotatable bonds is 1. The first kappa shape index (κ1) is 14.6. The Balaban J connectivity index is 1.98. The van der Waals surface area contributed by atoms with Crippen LogP contribution in [0.3, 0.4) is 0 Å². The van der Waals surface area contributed by atoms with Crippen LogP contribution in [0.4, 0.5) is 4.79 Å². The van der Waals surface area contributed by atoms with Gasteiger partial charge in [-0.25, -0.2) is 9.59 Å². The summed E-state index contributed by atoms with van der Waals surface area (Å²) in [5.74, 6) is -0.966. The molecule has 0 aromatic carbocycles. The lowest BCUT2D eigenvalue weighted by atomic mass is 10.1. The zero-order valence-corrected chi connectivity index (χ0v) is 11.9. The Bertz CT molecular complexity index is 429. The van der Waals surface area contributed by atoms with E-state index in [4.69, 9.17) is 14.6 Å². The Kier molecular flexibility index (Phi) is 3.89. The number of ether oxygens (including phenoxy) is 2. The van der Waals surface area contributed by atoms with Crippen molar-refractivity contribution >= 4 is 12.1 Å². The third-order valence-corrected chi connectivity index (χ3v) is 3.08. The predicted molar refractivity (Wildman–Crippen MR) is 69.9 cm³/mol. The molecule has 0 radical (unpaired) electrons. The van der Waals surface area contributed by atoms with Gasteiger partial charge < -0.3 is 19.5 Å². The average molecular weight is 284 g/mol. The van der Waals surface area contributed by atoms with Crippen molar-refractivity contribution in [2.24, 2.45) is 0 Å². The minimum absolute atomic E-state index is 0.0388. The van der Waals surface area contributed by atoms with E-state index in [2.05, 4.69) is 0 Å². The zero-order valence-electron chi connectivity index (χ0n) is 11.9. The molecule has 1 fully saturated rings. The monoisotopic (exact) mass is 284 g/mol. The first-order valence-electron chi connectivity index (χ1n) is 6.54. The summed E-state index contributed by atoms with van der Waals surface area (Å²) in [6.07, 6.45) is 2.11. The molecule has 0 aromatic rings. The Labute approximate surface area is 117 Å². The molecule has 0 unspecified atom stereocenters. The molecule has 1 saturated heterocycles. The molecule has 1 amide bonds. The lowest BCUT2D eigenvalue weighted by Gasteiger charge is -2.42. The number of morpholine rings is 1. The van der Waals surface area contributed by atoms with Crippen LogP contribution in [0.25, 0.3) is 0 Å². The van der Waals surface area contributed by atoms with Crippen LogP contribution < -0.4 is 0 Å². The van der Waals surface area contributed by atoms with Crippen molar-refractivity contribution in [1.29, 1.82) is 0 Å². The lowest BCUT2D eigenvalue weighted by Crippen LogP contribution is -2.56. The summed E-state index contributed by atoms with van der Waals surface area (Å²) in [7, 11) is 0. The van der Waals surface area contributed by atoms with Gasteiger partial charge in [-0.1, -0.05) is 0 Å². The van der Waals surface area contributed by atoms with E-state index in [0.29, 0.717) is 13.1 Å². The second kappa shape index (κ2) is 5.32. The number of hydrogen-bond acceptors (Lipinski definition) is 5. The fraction of sp³-hybridized carbons (Fsp3) is 0.692. The minimum Gasteiger partial charge on any atom is -0.479 e. The molecule has 2 aliphatic rings. The van der Waals surface area contributed by atoms with E-state index in [1.807, 2.05) is 25.7 Å². The highest BCUT2D eigenvalue weighted by atomic mass is 16.6. The van der Waals surface area contributed by atoms with Crippen LogP contribution in [-0.4, -0.2) is 64.4 Å². The third-order valence-electron chi connectivity index (χ3n) is 3.08. The first-order chi connectivity index (χ1) is 9.26. The van der Waals surface area contributed by atoms with Gasteiger partial charge in [0, 0.05) is 12.4 Å². The van der Waals surface area contributed by atoms with E-state index in [1.165, 1.54) is 4.90 Å². The van der Waals surface area contributed by atoms with E-state index in [1.54, 1.807) is 12.4 Å². The van der Waals surface area contributed by atoms with Crippen LogP contribution in [0, 0.1) is 0 Å². The van der Waals surface area contributed by atoms with Crippen molar-refractivity contribution in [3.05, 3.63) is 12.4 Å². The fourth-order valence-electron chi connectivity index (χ4n) is 2.12. The molecule has 112 valence electrons. The topological polar surface area (TPSA) is 79.3 Å². The third kappa shape index (κ3) is 3.41. The van der Waals surface area contributed by atoms with E-state index >= 15 is 0 Å². The van der Waals surface area contributed by atoms with Gasteiger partial charge in [-0.2, -0.15) is 0 Å². The number of carbonyl (C=O) groups is 2. The van der Waals surface area contributed by atoms with Gasteiger partial charge in [0.05, 0.1) is 25.7 Å². The SMILES string of the molecule is CC(C)(C)OC(=O)N1C=CN2C[C@H](C(=O)O)OC[C@H]2C1. The van der Waals surface area contributed by atoms with E-state index in [-0.39, 0.29) is 12.6 Å². The molecule has 2 atom stereocenters. The molecular weight excluding hydrogens is 264 g/mol. The van der Waals surface area contributed by atoms with Crippen molar-refractivity contribution in [2.75, 3.05) is 19.7 Å². The summed E-state index contributed by atoms with van der Waals surface area (Å²) in [6, 6.07) is -0.0388. The number of hydrogen-bond donors (Lipinski definition) is 1. The lowest BCUT2D eigenvalue weighted by molar-refractivity contribution is -0.158. The van der Waals surface area contributed by atoms with Crippen LogP contribution in [0.15, 0.2) is 12.4 Å². The first-order valence-corrected chi connectivity index (χ1v) is 6.54. The highest BCUT2D eigenvalue weighted by Gasteiger charge is 2.35. The number of fused-ring (bicyclic) bond motifs is 1. The second-order valence-electron chi connectivity index (χ2n) is 5.94. The van der Waals surface area contributed by atoms with Gasteiger partial charge in [0.25, 0.3) is 0 Å². The second-order valence-corrected chi connectivity index (χ2v) is 5.94. The van der Waals surface area contributed by atoms with Crippen LogP contribution in [0.5, 0.6) is 0 Å². The molecule has 2 aliphatic heterocycles. The fourth-order valence-corrected chi connectivity index (χ4v) is 2.12. The largest absolute Gasteiger partial charge is 0.479 e. The molecule has 7 nitrogen and oxygen atoms in total. The number of nitrogens with zero attached hydrogens (tertiary/aromatic N) is 2. The maximum absolute atomic E-state index is 12.0. The maximum Gasteiger partial charge on any atom is 0.414 e. The molecule has 7 heteroatoms. The zero-order chi connectivity index (χ0) is 14.9. The highest BCUT2D eigenvalue weighted by Crippen LogP contribution is 2.20. The van der Waals surface area contributed by atoms with Gasteiger partial charge in [0.2, 0.25) is 0 Å². The summed E-state index contributed by atoms with van der Waals surface area (Å²) >= 11 is 0. The number of carbonyl (C=O) groups excluding carboxylic acids is 1. The normalized spacial score (nSPS) is 26.1. The molecule has 0 aliphatic carbocycles. The van der Waals surface area contributed by atoms with E-state index in [0.717, 1.165) is 0 Å². The Morgan fingerprint density at radius 1 is 1.30 bits per heavy atom. The average Bonchev–Trinajstić information content (AvgIpc) is 2.35. The molecule has 2 heterocycles. The summed E-state index contributed by atoms with van der Waals surface area (Å²) in [4.78, 5) is 26.2. The number of aliphatic carboxylic acids is 1. The van der Waals surface area contributed by atoms with Gasteiger partial charge >= 0.3 is 12.1 Å². The molecule has 0 spiro atoms. The molecule has 0 aromatic heterocycles. The summed E-state index contributed by atoms with van der Waals surface area (Å²) in [5.41, 5.74) is -0.542. The van der Waals surface area contributed by atoms with Crippen LogP contribution in [0.1, 0.15) is 20.8 Å². The maximum atomic E-state index is 12.0. The van der Waals surface area contributed by atoms with Gasteiger partial charge in [0.15, 0.2) is 6.10 Å². The molecule has 2 rings (SSSR count). The van der Waals surface area contributed by atoms with E-state index in [9.17, 15) is 9.59 Å². The van der Waals surface area contributed by atoms with Crippen LogP contribution >= 0.6 is 0 Å². The van der Waals surface area contributed by atoms with Gasteiger partial charge in [-0.3, -0.25) is 4.90 Å². The van der Waals surface area contributed by atoms with Gasteiger partial charge in [-0.05, 0) is 20.8 Å². The van der Waals surface area contributed by atoms with Crippen molar-refractivity contribution in [1.82, 2.24) is 9.80 Å². The quantitative estimate of drug-likeness (QED) is 0.769. The summed E-state index contributed by atoms with van der Waals surface area (Å²) in [6.45, 7) is 6.43. The number of carboxylic acids is 1.